The lowest BCUT2D eigenvalue weighted by atomic mass is 9.67. The fraction of sp³-hybridized carbons (Fsp3) is 0.487. The minimum Gasteiger partial charge on any atom is -0.508 e. The predicted molar refractivity (Wildman–Crippen MR) is 191 cm³/mol. The number of aromatic hydroxyl groups is 2. The number of nitrogens with one attached hydrogen (secondary N) is 2. The number of phenolic OH excluding ortho intramolecular Hbond substituents is 2. The molecule has 0 saturated carbocycles. The number of piperidine rings is 1. The van der Waals surface area contributed by atoms with Gasteiger partial charge in [0.05, 0.1) is 19.6 Å². The highest BCUT2D eigenvalue weighted by atomic mass is 16.5. The molecule has 264 valence electrons. The number of anilines is 1. The third-order valence-corrected chi connectivity index (χ3v) is 10.1. The van der Waals surface area contributed by atoms with Crippen LogP contribution in [0.15, 0.2) is 60.7 Å². The summed E-state index contributed by atoms with van der Waals surface area (Å²) in [7, 11) is 2.15. The molecule has 2 aliphatic rings. The van der Waals surface area contributed by atoms with Gasteiger partial charge in [0, 0.05) is 30.1 Å². The second-order valence-corrected chi connectivity index (χ2v) is 13.3. The number of benzene rings is 3. The second-order valence-electron chi connectivity index (χ2n) is 13.3. The largest absolute Gasteiger partial charge is 0.508 e. The first-order valence-electron chi connectivity index (χ1n) is 17.6. The minimum absolute atomic E-state index is 0.0132. The molecule has 2 heterocycles. The van der Waals surface area contributed by atoms with Gasteiger partial charge < -0.3 is 40.1 Å². The molecular formula is C39H52N4O6. The third-order valence-electron chi connectivity index (χ3n) is 10.1. The number of likely N-dealkylation sites (tertiary alicyclic amines) is 1. The Morgan fingerprint density at radius 1 is 1.04 bits per heavy atom. The number of phenols is 2. The number of fused-ring (bicyclic) bond motifs is 1. The van der Waals surface area contributed by atoms with Crippen molar-refractivity contribution in [1.29, 1.82) is 0 Å². The Hall–Kier alpha value is -4.12. The maximum absolute atomic E-state index is 13.2. The number of nitrogens with zero attached hydrogens (tertiary/aromatic N) is 2. The highest BCUT2D eigenvalue weighted by molar-refractivity contribution is 5.97. The van der Waals surface area contributed by atoms with E-state index in [4.69, 9.17) is 9.47 Å². The van der Waals surface area contributed by atoms with Crippen LogP contribution in [0.5, 0.6) is 17.2 Å². The Morgan fingerprint density at radius 3 is 2.55 bits per heavy atom. The van der Waals surface area contributed by atoms with Crippen LogP contribution in [0.2, 0.25) is 0 Å². The summed E-state index contributed by atoms with van der Waals surface area (Å²) in [6.07, 6.45) is 4.42. The Kier molecular flexibility index (Phi) is 12.6. The summed E-state index contributed by atoms with van der Waals surface area (Å²) in [4.78, 5) is 29.2. The lowest BCUT2D eigenvalue weighted by Crippen LogP contribution is -2.43. The molecule has 4 N–H and O–H groups in total. The lowest BCUT2D eigenvalue weighted by molar-refractivity contribution is -0.134. The van der Waals surface area contributed by atoms with Gasteiger partial charge in [0.15, 0.2) is 12.4 Å². The van der Waals surface area contributed by atoms with Crippen molar-refractivity contribution in [2.75, 3.05) is 64.9 Å². The molecule has 49 heavy (non-hydrogen) atoms. The fourth-order valence-corrected chi connectivity index (χ4v) is 6.96. The molecule has 1 atom stereocenters. The van der Waals surface area contributed by atoms with E-state index in [0.717, 1.165) is 49.0 Å². The number of hydrogen-bond donors (Lipinski definition) is 4. The molecule has 0 spiro atoms. The van der Waals surface area contributed by atoms with Crippen molar-refractivity contribution in [3.05, 3.63) is 82.9 Å². The van der Waals surface area contributed by atoms with Crippen LogP contribution in [-0.2, 0) is 32.6 Å². The van der Waals surface area contributed by atoms with Gasteiger partial charge in [0.2, 0.25) is 5.91 Å². The molecule has 0 aromatic heterocycles. The van der Waals surface area contributed by atoms with Gasteiger partial charge in [0.1, 0.15) is 17.2 Å². The van der Waals surface area contributed by atoms with Gasteiger partial charge >= 0.3 is 0 Å². The Balaban J connectivity index is 1.08. The van der Waals surface area contributed by atoms with Gasteiger partial charge in [-0.2, -0.15) is 0 Å². The zero-order valence-corrected chi connectivity index (χ0v) is 29.2. The van der Waals surface area contributed by atoms with Crippen molar-refractivity contribution in [3.63, 3.8) is 0 Å². The molecule has 3 aromatic rings. The van der Waals surface area contributed by atoms with Crippen molar-refractivity contribution < 1.29 is 29.3 Å². The standard InChI is InChI=1S/C39H52N4O6/c1-4-28(2)43(23-20-40-19-14-30-11-13-34(45)37-38(30)49-27-35(46)41-37)36(47)16-25-48-24-15-29-10-12-33(44)32(26-29)39(17-21-42(3)22-18-39)31-8-6-5-7-9-31/h5-13,26,28,40,44-45H,4,14-25,27H2,1-3H3,(H,41,46)/t28-/m1/s1. The quantitative estimate of drug-likeness (QED) is 0.126. The van der Waals surface area contributed by atoms with Gasteiger partial charge in [-0.25, -0.2) is 0 Å². The fourth-order valence-electron chi connectivity index (χ4n) is 6.96. The first-order valence-corrected chi connectivity index (χ1v) is 17.6. The van der Waals surface area contributed by atoms with Crippen LogP contribution in [0, 0.1) is 0 Å². The van der Waals surface area contributed by atoms with E-state index in [1.165, 1.54) is 5.56 Å². The smallest absolute Gasteiger partial charge is 0.262 e. The molecule has 3 aromatic carbocycles. The topological polar surface area (TPSA) is 124 Å². The Morgan fingerprint density at radius 2 is 1.80 bits per heavy atom. The van der Waals surface area contributed by atoms with Crippen molar-refractivity contribution in [1.82, 2.24) is 15.1 Å². The van der Waals surface area contributed by atoms with Crippen LogP contribution in [-0.4, -0.2) is 97.5 Å². The molecule has 1 saturated heterocycles. The SMILES string of the molecule is CC[C@@H](C)N(CCNCCc1ccc(O)c2c1OCC(=O)N2)C(=O)CCOCCc1ccc(O)c(C2(c3ccccc3)CCN(C)CC2)c1. The van der Waals surface area contributed by atoms with Crippen LogP contribution in [0.4, 0.5) is 5.69 Å². The van der Waals surface area contributed by atoms with E-state index < -0.39 is 0 Å². The molecule has 2 aliphatic heterocycles. The number of ether oxygens (including phenoxy) is 2. The van der Waals surface area contributed by atoms with E-state index >= 15 is 0 Å². The summed E-state index contributed by atoms with van der Waals surface area (Å²) in [5, 5.41) is 27.2. The van der Waals surface area contributed by atoms with E-state index in [1.807, 2.05) is 23.1 Å². The zero-order valence-electron chi connectivity index (χ0n) is 29.2. The summed E-state index contributed by atoms with van der Waals surface area (Å²) in [6.45, 7) is 8.76. The number of carbonyl (C=O) groups excluding carboxylic acids is 2. The highest BCUT2D eigenvalue weighted by Crippen LogP contribution is 2.45. The van der Waals surface area contributed by atoms with E-state index in [9.17, 15) is 19.8 Å². The molecular weight excluding hydrogens is 620 g/mol. The van der Waals surface area contributed by atoms with Crippen LogP contribution < -0.4 is 15.4 Å². The molecule has 1 fully saturated rings. The first kappa shape index (κ1) is 36.2. The third kappa shape index (κ3) is 8.92. The van der Waals surface area contributed by atoms with Gasteiger partial charge in [0.25, 0.3) is 5.91 Å². The van der Waals surface area contributed by atoms with Crippen molar-refractivity contribution in [3.8, 4) is 17.2 Å². The normalized spacial score (nSPS) is 16.3. The molecule has 0 aliphatic carbocycles. The van der Waals surface area contributed by atoms with Crippen LogP contribution >= 0.6 is 0 Å². The van der Waals surface area contributed by atoms with E-state index in [-0.39, 0.29) is 35.6 Å². The van der Waals surface area contributed by atoms with Gasteiger partial charge in [-0.15, -0.1) is 0 Å². The van der Waals surface area contributed by atoms with E-state index in [1.54, 1.807) is 12.1 Å². The predicted octanol–water partition coefficient (Wildman–Crippen LogP) is 4.85. The van der Waals surface area contributed by atoms with E-state index in [2.05, 4.69) is 66.8 Å². The molecule has 0 bridgehead atoms. The summed E-state index contributed by atoms with van der Waals surface area (Å²) in [6, 6.07) is 20.0. The second kappa shape index (κ2) is 17.0. The van der Waals surface area contributed by atoms with Gasteiger partial charge in [-0.3, -0.25) is 9.59 Å². The summed E-state index contributed by atoms with van der Waals surface area (Å²) < 4.78 is 11.6. The zero-order chi connectivity index (χ0) is 34.8. The number of amides is 2. The first-order chi connectivity index (χ1) is 23.7. The molecule has 2 amide bonds. The molecule has 0 unspecified atom stereocenters. The average molecular weight is 673 g/mol. The molecule has 5 rings (SSSR count). The van der Waals surface area contributed by atoms with Gasteiger partial charge in [-0.05, 0) is 94.5 Å². The molecule has 10 heteroatoms. The van der Waals surface area contributed by atoms with Crippen LogP contribution in [0.3, 0.4) is 0 Å². The summed E-state index contributed by atoms with van der Waals surface area (Å²) in [5.41, 5.74) is 4.34. The Labute approximate surface area is 290 Å². The maximum atomic E-state index is 13.2. The number of rotatable bonds is 16. The van der Waals surface area contributed by atoms with Gasteiger partial charge in [-0.1, -0.05) is 55.5 Å². The molecule has 10 nitrogen and oxygen atoms in total. The summed E-state index contributed by atoms with van der Waals surface area (Å²) >= 11 is 0. The minimum atomic E-state index is -0.287. The summed E-state index contributed by atoms with van der Waals surface area (Å²) in [5.74, 6) is 0.626. The monoisotopic (exact) mass is 672 g/mol. The van der Waals surface area contributed by atoms with Crippen molar-refractivity contribution in [2.45, 2.75) is 63.8 Å². The van der Waals surface area contributed by atoms with Crippen molar-refractivity contribution in [2.24, 2.45) is 0 Å². The number of carbonyl (C=O) groups is 2. The highest BCUT2D eigenvalue weighted by Gasteiger charge is 2.39. The maximum Gasteiger partial charge on any atom is 0.262 e. The van der Waals surface area contributed by atoms with Crippen LogP contribution in [0.1, 0.15) is 61.8 Å². The molecule has 0 radical (unpaired) electrons. The van der Waals surface area contributed by atoms with Crippen molar-refractivity contribution >= 4 is 17.5 Å². The van der Waals surface area contributed by atoms with E-state index in [0.29, 0.717) is 69.3 Å². The lowest BCUT2D eigenvalue weighted by Gasteiger charge is -2.42. The Bertz CT molecular complexity index is 1560. The number of hydrogen-bond acceptors (Lipinski definition) is 8. The average Bonchev–Trinajstić information content (AvgIpc) is 3.12. The van der Waals surface area contributed by atoms with Crippen LogP contribution in [0.25, 0.3) is 0 Å².